The number of hydrogen-bond acceptors (Lipinski definition) is 2. The Hall–Kier alpha value is -1.08. The van der Waals surface area contributed by atoms with Gasteiger partial charge in [0.05, 0.1) is 23.2 Å². The molecule has 0 aliphatic carbocycles. The molecule has 3 nitrogen and oxygen atoms in total. The first-order valence-corrected chi connectivity index (χ1v) is 5.89. The van der Waals surface area contributed by atoms with Crippen LogP contribution >= 0.6 is 15.9 Å². The van der Waals surface area contributed by atoms with E-state index < -0.39 is 31.3 Å². The first-order chi connectivity index (χ1) is 8.47. The fraction of sp³-hybridized carbons (Fsp3) is 0.364. The summed E-state index contributed by atoms with van der Waals surface area (Å²) >= 11 is 2.89. The predicted molar refractivity (Wildman–Crippen MR) is 63.1 cm³/mol. The molecule has 1 amide bonds. The van der Waals surface area contributed by atoms with Crippen molar-refractivity contribution in [3.63, 3.8) is 0 Å². The fourth-order valence-electron chi connectivity index (χ4n) is 1.40. The van der Waals surface area contributed by atoms with Gasteiger partial charge in [0.15, 0.2) is 0 Å². The number of aliphatic hydroxyl groups is 1. The number of nitrogens with zero attached hydrogens (tertiary/aromatic N) is 1. The number of amides is 1. The molecule has 0 spiro atoms. The molecule has 1 rings (SSSR count). The van der Waals surface area contributed by atoms with Crippen molar-refractivity contribution in [3.8, 4) is 0 Å². The molecular formula is C11H11BrF3NO2. The van der Waals surface area contributed by atoms with Gasteiger partial charge >= 0.3 is 0 Å². The van der Waals surface area contributed by atoms with E-state index in [1.165, 1.54) is 12.1 Å². The molecule has 0 bridgehead atoms. The number of carbonyl (C=O) groups excluding carboxylic acids is 1. The van der Waals surface area contributed by atoms with Gasteiger partial charge in [0, 0.05) is 6.54 Å². The maximum Gasteiger partial charge on any atom is 0.255 e. The molecule has 0 heterocycles. The Labute approximate surface area is 110 Å². The van der Waals surface area contributed by atoms with Crippen molar-refractivity contribution in [2.24, 2.45) is 0 Å². The highest BCUT2D eigenvalue weighted by Gasteiger charge is 2.22. The van der Waals surface area contributed by atoms with Crippen molar-refractivity contribution >= 4 is 21.8 Å². The number of hydrogen-bond donors (Lipinski definition) is 1. The van der Waals surface area contributed by atoms with Crippen LogP contribution in [-0.4, -0.2) is 42.0 Å². The fourth-order valence-corrected chi connectivity index (χ4v) is 1.84. The second kappa shape index (κ2) is 6.75. The zero-order valence-corrected chi connectivity index (χ0v) is 10.8. The zero-order chi connectivity index (χ0) is 13.7. The minimum Gasteiger partial charge on any atom is -0.395 e. The molecule has 0 atom stereocenters. The first-order valence-electron chi connectivity index (χ1n) is 5.09. The van der Waals surface area contributed by atoms with Crippen LogP contribution in [0.2, 0.25) is 0 Å². The van der Waals surface area contributed by atoms with Crippen molar-refractivity contribution < 1.29 is 23.1 Å². The predicted octanol–water partition coefficient (Wildman–Crippen LogP) is 2.29. The van der Waals surface area contributed by atoms with Crippen LogP contribution in [0.3, 0.4) is 0 Å². The molecule has 0 saturated heterocycles. The second-order valence-corrected chi connectivity index (χ2v) is 4.26. The minimum atomic E-state index is -2.71. The molecule has 7 heteroatoms. The smallest absolute Gasteiger partial charge is 0.255 e. The summed E-state index contributed by atoms with van der Waals surface area (Å²) in [5.41, 5.74) is -0.0518. The maximum atomic E-state index is 13.2. The highest BCUT2D eigenvalue weighted by Crippen LogP contribution is 2.22. The topological polar surface area (TPSA) is 40.5 Å². The summed E-state index contributed by atoms with van der Waals surface area (Å²) in [6.45, 7) is -1.47. The lowest BCUT2D eigenvalue weighted by molar-refractivity contribution is 0.0508. The lowest BCUT2D eigenvalue weighted by Gasteiger charge is -2.21. The molecule has 0 fully saturated rings. The van der Waals surface area contributed by atoms with Crippen LogP contribution < -0.4 is 0 Å². The number of rotatable bonds is 5. The van der Waals surface area contributed by atoms with Crippen LogP contribution in [0.15, 0.2) is 22.7 Å². The quantitative estimate of drug-likeness (QED) is 0.902. The summed E-state index contributed by atoms with van der Waals surface area (Å²) in [5.74, 6) is -1.41. The van der Waals surface area contributed by atoms with Crippen LogP contribution in [0.1, 0.15) is 10.4 Å². The van der Waals surface area contributed by atoms with E-state index >= 15 is 0 Å². The summed E-state index contributed by atoms with van der Waals surface area (Å²) in [7, 11) is 0. The van der Waals surface area contributed by atoms with Crippen molar-refractivity contribution in [1.82, 2.24) is 4.90 Å². The van der Waals surface area contributed by atoms with Crippen LogP contribution in [0, 0.1) is 5.82 Å². The van der Waals surface area contributed by atoms with Gasteiger partial charge in [0.2, 0.25) is 0 Å². The molecule has 0 saturated carbocycles. The Morgan fingerprint density at radius 2 is 2.11 bits per heavy atom. The van der Waals surface area contributed by atoms with Gasteiger partial charge in [-0.2, -0.15) is 0 Å². The highest BCUT2D eigenvalue weighted by molar-refractivity contribution is 9.10. The van der Waals surface area contributed by atoms with E-state index in [4.69, 9.17) is 5.11 Å². The molecule has 0 aliphatic heterocycles. The van der Waals surface area contributed by atoms with Crippen molar-refractivity contribution in [2.45, 2.75) is 6.43 Å². The van der Waals surface area contributed by atoms with Gasteiger partial charge in [-0.25, -0.2) is 13.2 Å². The Bertz CT molecular complexity index is 429. The molecule has 0 unspecified atom stereocenters. The van der Waals surface area contributed by atoms with E-state index in [9.17, 15) is 18.0 Å². The molecule has 1 N–H and O–H groups in total. The highest BCUT2D eigenvalue weighted by atomic mass is 79.9. The molecule has 100 valence electrons. The van der Waals surface area contributed by atoms with Crippen LogP contribution in [0.25, 0.3) is 0 Å². The van der Waals surface area contributed by atoms with Crippen molar-refractivity contribution in [3.05, 3.63) is 34.1 Å². The molecular weight excluding hydrogens is 315 g/mol. The average Bonchev–Trinajstić information content (AvgIpc) is 2.31. The SMILES string of the molecule is O=C(c1cccc(F)c1Br)N(CCO)CC(F)F. The van der Waals surface area contributed by atoms with Gasteiger partial charge in [-0.1, -0.05) is 6.07 Å². The van der Waals surface area contributed by atoms with E-state index in [0.717, 1.165) is 11.0 Å². The molecule has 1 aromatic carbocycles. The monoisotopic (exact) mass is 325 g/mol. The van der Waals surface area contributed by atoms with E-state index in [2.05, 4.69) is 15.9 Å². The Morgan fingerprint density at radius 3 is 2.67 bits per heavy atom. The number of alkyl halides is 2. The van der Waals surface area contributed by atoms with Crippen LogP contribution in [-0.2, 0) is 0 Å². The third-order valence-electron chi connectivity index (χ3n) is 2.20. The van der Waals surface area contributed by atoms with Gasteiger partial charge in [0.1, 0.15) is 5.82 Å². The molecule has 1 aromatic rings. The summed E-state index contributed by atoms with van der Waals surface area (Å²) in [6.07, 6.45) is -2.71. The number of carbonyl (C=O) groups is 1. The third-order valence-corrected chi connectivity index (χ3v) is 3.00. The average molecular weight is 326 g/mol. The number of halogens is 4. The molecule has 0 aromatic heterocycles. The summed E-state index contributed by atoms with van der Waals surface area (Å²) in [4.78, 5) is 12.7. The van der Waals surface area contributed by atoms with Gasteiger partial charge in [-0.05, 0) is 28.1 Å². The zero-order valence-electron chi connectivity index (χ0n) is 9.25. The molecule has 18 heavy (non-hydrogen) atoms. The number of benzene rings is 1. The molecule has 0 aliphatic rings. The molecule has 0 radical (unpaired) electrons. The Kier molecular flexibility index (Phi) is 5.61. The summed E-state index contributed by atoms with van der Waals surface area (Å²) in [5, 5.41) is 8.74. The van der Waals surface area contributed by atoms with Crippen LogP contribution in [0.5, 0.6) is 0 Å². The van der Waals surface area contributed by atoms with Gasteiger partial charge in [-0.3, -0.25) is 4.79 Å². The second-order valence-electron chi connectivity index (χ2n) is 3.47. The Balaban J connectivity index is 2.98. The summed E-state index contributed by atoms with van der Waals surface area (Å²) < 4.78 is 37.8. The van der Waals surface area contributed by atoms with Gasteiger partial charge < -0.3 is 10.0 Å². The largest absolute Gasteiger partial charge is 0.395 e. The van der Waals surface area contributed by atoms with E-state index in [1.54, 1.807) is 0 Å². The van der Waals surface area contributed by atoms with Crippen LogP contribution in [0.4, 0.5) is 13.2 Å². The standard InChI is InChI=1S/C11H11BrF3NO2/c12-10-7(2-1-3-8(10)13)11(18)16(4-5-17)6-9(14)15/h1-3,9,17H,4-6H2. The third kappa shape index (κ3) is 3.71. The van der Waals surface area contributed by atoms with Crippen molar-refractivity contribution in [2.75, 3.05) is 19.7 Å². The normalized spacial score (nSPS) is 10.8. The summed E-state index contributed by atoms with van der Waals surface area (Å²) in [6, 6.07) is 3.78. The minimum absolute atomic E-state index is 0.0518. The Morgan fingerprint density at radius 1 is 1.44 bits per heavy atom. The lowest BCUT2D eigenvalue weighted by Crippen LogP contribution is -2.37. The van der Waals surface area contributed by atoms with Gasteiger partial charge in [-0.15, -0.1) is 0 Å². The first kappa shape index (κ1) is 15.0. The maximum absolute atomic E-state index is 13.2. The van der Waals surface area contributed by atoms with Crippen molar-refractivity contribution in [1.29, 1.82) is 0 Å². The lowest BCUT2D eigenvalue weighted by atomic mass is 10.2. The number of aliphatic hydroxyl groups excluding tert-OH is 1. The van der Waals surface area contributed by atoms with E-state index in [-0.39, 0.29) is 16.6 Å². The van der Waals surface area contributed by atoms with E-state index in [1.807, 2.05) is 0 Å². The van der Waals surface area contributed by atoms with E-state index in [0.29, 0.717) is 0 Å². The van der Waals surface area contributed by atoms with Gasteiger partial charge in [0.25, 0.3) is 12.3 Å².